The highest BCUT2D eigenvalue weighted by Crippen LogP contribution is 2.24. The summed E-state index contributed by atoms with van der Waals surface area (Å²) in [5.41, 5.74) is 0.231. The predicted octanol–water partition coefficient (Wildman–Crippen LogP) is 4.60. The lowest BCUT2D eigenvalue weighted by atomic mass is 10.0. The summed E-state index contributed by atoms with van der Waals surface area (Å²) in [6, 6.07) is 8.04. The van der Waals surface area contributed by atoms with Crippen molar-refractivity contribution in [2.75, 3.05) is 6.54 Å². The van der Waals surface area contributed by atoms with Crippen LogP contribution in [0.25, 0.3) is 0 Å². The zero-order chi connectivity index (χ0) is 12.9. The van der Waals surface area contributed by atoms with E-state index in [1.54, 1.807) is 0 Å². The Kier molecular flexibility index (Phi) is 5.84. The van der Waals surface area contributed by atoms with Gasteiger partial charge in [-0.2, -0.15) is 0 Å². The summed E-state index contributed by atoms with van der Waals surface area (Å²) in [5, 5.41) is 4.95. The van der Waals surface area contributed by atoms with E-state index in [2.05, 4.69) is 45.1 Å². The van der Waals surface area contributed by atoms with Gasteiger partial charge in [-0.15, -0.1) is 11.8 Å². The van der Waals surface area contributed by atoms with Crippen molar-refractivity contribution in [3.63, 3.8) is 0 Å². The zero-order valence-corrected chi connectivity index (χ0v) is 12.7. The molecule has 0 aliphatic carbocycles. The molecular formula is C14H22ClNS. The Morgan fingerprint density at radius 1 is 1.29 bits per heavy atom. The summed E-state index contributed by atoms with van der Waals surface area (Å²) < 4.78 is 0. The third kappa shape index (κ3) is 5.80. The van der Waals surface area contributed by atoms with Gasteiger partial charge in [0, 0.05) is 27.3 Å². The molecule has 1 atom stereocenters. The molecule has 0 amide bonds. The van der Waals surface area contributed by atoms with Crippen LogP contribution in [0.5, 0.6) is 0 Å². The SMILES string of the molecule is CCC(C)(C)NCC(C)Sc1ccc(Cl)cc1. The van der Waals surface area contributed by atoms with Gasteiger partial charge in [-0.05, 0) is 44.5 Å². The number of benzene rings is 1. The van der Waals surface area contributed by atoms with Crippen LogP contribution >= 0.6 is 23.4 Å². The highest BCUT2D eigenvalue weighted by Gasteiger charge is 2.15. The van der Waals surface area contributed by atoms with Gasteiger partial charge in [-0.1, -0.05) is 25.4 Å². The van der Waals surface area contributed by atoms with Gasteiger partial charge in [-0.25, -0.2) is 0 Å². The van der Waals surface area contributed by atoms with Gasteiger partial charge in [0.1, 0.15) is 0 Å². The topological polar surface area (TPSA) is 12.0 Å². The number of halogens is 1. The molecule has 0 fully saturated rings. The van der Waals surface area contributed by atoms with E-state index in [1.165, 1.54) is 4.90 Å². The number of nitrogens with one attached hydrogen (secondary N) is 1. The summed E-state index contributed by atoms with van der Waals surface area (Å²) in [6.45, 7) is 9.97. The number of hydrogen-bond donors (Lipinski definition) is 1. The lowest BCUT2D eigenvalue weighted by molar-refractivity contribution is 0.379. The first-order chi connectivity index (χ1) is 7.93. The first-order valence-corrected chi connectivity index (χ1v) is 7.36. The molecule has 1 nitrogen and oxygen atoms in total. The molecule has 0 radical (unpaired) electrons. The second kappa shape index (κ2) is 6.67. The normalized spacial score (nSPS) is 13.7. The summed E-state index contributed by atoms with van der Waals surface area (Å²) >= 11 is 7.75. The van der Waals surface area contributed by atoms with Crippen LogP contribution in [0.1, 0.15) is 34.1 Å². The van der Waals surface area contributed by atoms with Crippen LogP contribution < -0.4 is 5.32 Å². The second-order valence-corrected chi connectivity index (χ2v) is 6.95. The van der Waals surface area contributed by atoms with Crippen LogP contribution in [-0.4, -0.2) is 17.3 Å². The van der Waals surface area contributed by atoms with E-state index in [-0.39, 0.29) is 5.54 Å². The first kappa shape index (κ1) is 14.9. The predicted molar refractivity (Wildman–Crippen MR) is 79.1 cm³/mol. The van der Waals surface area contributed by atoms with Gasteiger partial charge in [0.2, 0.25) is 0 Å². The van der Waals surface area contributed by atoms with E-state index in [1.807, 2.05) is 23.9 Å². The fraction of sp³-hybridized carbons (Fsp3) is 0.571. The van der Waals surface area contributed by atoms with Gasteiger partial charge < -0.3 is 5.32 Å². The van der Waals surface area contributed by atoms with Crippen molar-refractivity contribution in [1.82, 2.24) is 5.32 Å². The van der Waals surface area contributed by atoms with E-state index >= 15 is 0 Å². The molecule has 0 spiro atoms. The fourth-order valence-electron chi connectivity index (χ4n) is 1.33. The Labute approximate surface area is 114 Å². The van der Waals surface area contributed by atoms with Crippen molar-refractivity contribution < 1.29 is 0 Å². The van der Waals surface area contributed by atoms with E-state index in [4.69, 9.17) is 11.6 Å². The maximum absolute atomic E-state index is 5.87. The van der Waals surface area contributed by atoms with Crippen LogP contribution in [0.2, 0.25) is 5.02 Å². The van der Waals surface area contributed by atoms with Crippen molar-refractivity contribution in [1.29, 1.82) is 0 Å². The summed E-state index contributed by atoms with van der Waals surface area (Å²) in [5.74, 6) is 0. The third-order valence-electron chi connectivity index (χ3n) is 2.90. The number of rotatable bonds is 6. The van der Waals surface area contributed by atoms with Crippen molar-refractivity contribution in [3.05, 3.63) is 29.3 Å². The van der Waals surface area contributed by atoms with Crippen LogP contribution in [0.4, 0.5) is 0 Å². The van der Waals surface area contributed by atoms with Crippen molar-refractivity contribution >= 4 is 23.4 Å². The Balaban J connectivity index is 2.39. The maximum Gasteiger partial charge on any atom is 0.0406 e. The molecule has 0 heterocycles. The molecule has 0 saturated carbocycles. The first-order valence-electron chi connectivity index (χ1n) is 6.10. The smallest absolute Gasteiger partial charge is 0.0406 e. The summed E-state index contributed by atoms with van der Waals surface area (Å²) in [6.07, 6.45) is 1.14. The molecule has 0 aromatic heterocycles. The van der Waals surface area contributed by atoms with Crippen molar-refractivity contribution in [2.24, 2.45) is 0 Å². The van der Waals surface area contributed by atoms with E-state index in [0.29, 0.717) is 5.25 Å². The largest absolute Gasteiger partial charge is 0.311 e. The zero-order valence-electron chi connectivity index (χ0n) is 11.1. The molecule has 17 heavy (non-hydrogen) atoms. The molecule has 1 unspecified atom stereocenters. The molecule has 96 valence electrons. The second-order valence-electron chi connectivity index (χ2n) is 5.00. The van der Waals surface area contributed by atoms with E-state index < -0.39 is 0 Å². The highest BCUT2D eigenvalue weighted by atomic mass is 35.5. The average molecular weight is 272 g/mol. The minimum atomic E-state index is 0.231. The molecule has 0 aliphatic heterocycles. The quantitative estimate of drug-likeness (QED) is 0.759. The molecule has 1 rings (SSSR count). The van der Waals surface area contributed by atoms with Gasteiger partial charge in [0.25, 0.3) is 0 Å². The van der Waals surface area contributed by atoms with Gasteiger partial charge in [0.05, 0.1) is 0 Å². The molecular weight excluding hydrogens is 250 g/mol. The summed E-state index contributed by atoms with van der Waals surface area (Å²) in [4.78, 5) is 1.28. The van der Waals surface area contributed by atoms with Gasteiger partial charge >= 0.3 is 0 Å². The maximum atomic E-state index is 5.87. The summed E-state index contributed by atoms with van der Waals surface area (Å²) in [7, 11) is 0. The average Bonchev–Trinajstić information content (AvgIpc) is 2.30. The van der Waals surface area contributed by atoms with Crippen molar-refractivity contribution in [2.45, 2.75) is 49.8 Å². The monoisotopic (exact) mass is 271 g/mol. The lowest BCUT2D eigenvalue weighted by Crippen LogP contribution is -2.41. The number of hydrogen-bond acceptors (Lipinski definition) is 2. The Morgan fingerprint density at radius 2 is 1.88 bits per heavy atom. The van der Waals surface area contributed by atoms with Crippen molar-refractivity contribution in [3.8, 4) is 0 Å². The standard InChI is InChI=1S/C14H22ClNS/c1-5-14(3,4)16-10-11(2)17-13-8-6-12(15)7-9-13/h6-9,11,16H,5,10H2,1-4H3. The molecule has 0 bridgehead atoms. The van der Waals surface area contributed by atoms with Crippen LogP contribution in [0.3, 0.4) is 0 Å². The van der Waals surface area contributed by atoms with Crippen LogP contribution in [0.15, 0.2) is 29.2 Å². The van der Waals surface area contributed by atoms with Crippen LogP contribution in [0, 0.1) is 0 Å². The molecule has 0 saturated heterocycles. The Hall–Kier alpha value is -0.180. The Morgan fingerprint density at radius 3 is 2.41 bits per heavy atom. The highest BCUT2D eigenvalue weighted by molar-refractivity contribution is 8.00. The lowest BCUT2D eigenvalue weighted by Gasteiger charge is -2.26. The van der Waals surface area contributed by atoms with E-state index in [9.17, 15) is 0 Å². The Bertz CT molecular complexity index is 335. The fourth-order valence-corrected chi connectivity index (χ4v) is 2.38. The molecule has 1 N–H and O–H groups in total. The minimum Gasteiger partial charge on any atom is -0.311 e. The molecule has 0 aliphatic rings. The third-order valence-corrected chi connectivity index (χ3v) is 4.27. The van der Waals surface area contributed by atoms with Gasteiger partial charge in [-0.3, -0.25) is 0 Å². The van der Waals surface area contributed by atoms with Gasteiger partial charge in [0.15, 0.2) is 0 Å². The van der Waals surface area contributed by atoms with E-state index in [0.717, 1.165) is 18.0 Å². The van der Waals surface area contributed by atoms with Crippen LogP contribution in [-0.2, 0) is 0 Å². The minimum absolute atomic E-state index is 0.231. The molecule has 3 heteroatoms. The number of thioether (sulfide) groups is 1. The molecule has 1 aromatic carbocycles. The molecule has 1 aromatic rings.